The standard InChI is InChI=1S/C15H29NO2/c1-15(2,3)18-14(17)11-12-16-13-9-7-5-4-6-8-10-13/h13,16H,4-12H2,1-3H3. The molecule has 106 valence electrons. The molecular weight excluding hydrogens is 226 g/mol. The van der Waals surface area contributed by atoms with Gasteiger partial charge in [0.05, 0.1) is 6.42 Å². The summed E-state index contributed by atoms with van der Waals surface area (Å²) in [4.78, 5) is 11.6. The number of ether oxygens (including phenoxy) is 1. The van der Waals surface area contributed by atoms with Gasteiger partial charge in [0.15, 0.2) is 0 Å². The maximum Gasteiger partial charge on any atom is 0.307 e. The summed E-state index contributed by atoms with van der Waals surface area (Å²) in [6.45, 7) is 6.48. The fourth-order valence-electron chi connectivity index (χ4n) is 2.43. The molecule has 1 aliphatic carbocycles. The molecule has 1 aliphatic rings. The Hall–Kier alpha value is -0.570. The van der Waals surface area contributed by atoms with E-state index in [0.29, 0.717) is 12.5 Å². The number of rotatable bonds is 4. The Balaban J connectivity index is 2.13. The maximum atomic E-state index is 11.6. The average molecular weight is 255 g/mol. The van der Waals surface area contributed by atoms with E-state index in [2.05, 4.69) is 5.32 Å². The number of nitrogens with one attached hydrogen (secondary N) is 1. The summed E-state index contributed by atoms with van der Waals surface area (Å²) in [5.74, 6) is -0.0964. The fraction of sp³-hybridized carbons (Fsp3) is 0.933. The molecule has 0 aliphatic heterocycles. The van der Waals surface area contributed by atoms with Crippen LogP contribution in [0.3, 0.4) is 0 Å². The highest BCUT2D eigenvalue weighted by Gasteiger charge is 2.16. The Bertz CT molecular complexity index is 237. The smallest absolute Gasteiger partial charge is 0.307 e. The molecule has 0 aromatic carbocycles. The van der Waals surface area contributed by atoms with Crippen molar-refractivity contribution < 1.29 is 9.53 Å². The van der Waals surface area contributed by atoms with E-state index >= 15 is 0 Å². The van der Waals surface area contributed by atoms with Gasteiger partial charge in [0.1, 0.15) is 5.60 Å². The lowest BCUT2D eigenvalue weighted by atomic mass is 9.97. The number of hydrogen-bond donors (Lipinski definition) is 1. The van der Waals surface area contributed by atoms with Crippen LogP contribution in [-0.4, -0.2) is 24.2 Å². The molecule has 0 aromatic rings. The SMILES string of the molecule is CC(C)(C)OC(=O)CCNC1CCCCCCC1. The molecule has 3 heteroatoms. The lowest BCUT2D eigenvalue weighted by molar-refractivity contribution is -0.154. The van der Waals surface area contributed by atoms with E-state index in [1.54, 1.807) is 0 Å². The molecule has 3 nitrogen and oxygen atoms in total. The van der Waals surface area contributed by atoms with Crippen LogP contribution in [0.25, 0.3) is 0 Å². The number of carbonyl (C=O) groups excluding carboxylic acids is 1. The van der Waals surface area contributed by atoms with Crippen molar-refractivity contribution in [2.24, 2.45) is 0 Å². The third-order valence-electron chi connectivity index (χ3n) is 3.29. The molecule has 0 saturated heterocycles. The summed E-state index contributed by atoms with van der Waals surface area (Å²) < 4.78 is 5.29. The predicted molar refractivity (Wildman–Crippen MR) is 74.6 cm³/mol. The minimum absolute atomic E-state index is 0.0964. The van der Waals surface area contributed by atoms with Crippen LogP contribution in [0.2, 0.25) is 0 Å². The molecular formula is C15H29NO2. The minimum Gasteiger partial charge on any atom is -0.460 e. The quantitative estimate of drug-likeness (QED) is 0.782. The topological polar surface area (TPSA) is 38.3 Å². The first kappa shape index (κ1) is 15.5. The van der Waals surface area contributed by atoms with Crippen molar-refractivity contribution in [2.75, 3.05) is 6.54 Å². The van der Waals surface area contributed by atoms with Crippen LogP contribution in [0.4, 0.5) is 0 Å². The largest absolute Gasteiger partial charge is 0.460 e. The van der Waals surface area contributed by atoms with Crippen molar-refractivity contribution in [3.8, 4) is 0 Å². The molecule has 1 saturated carbocycles. The van der Waals surface area contributed by atoms with E-state index in [0.717, 1.165) is 6.54 Å². The molecule has 18 heavy (non-hydrogen) atoms. The van der Waals surface area contributed by atoms with E-state index < -0.39 is 0 Å². The van der Waals surface area contributed by atoms with Crippen molar-refractivity contribution in [1.82, 2.24) is 5.32 Å². The Labute approximate surface area is 112 Å². The van der Waals surface area contributed by atoms with Crippen LogP contribution < -0.4 is 5.32 Å². The second-order valence-corrected chi connectivity index (χ2v) is 6.33. The molecule has 0 unspecified atom stereocenters. The summed E-state index contributed by atoms with van der Waals surface area (Å²) in [6, 6.07) is 0.604. The Morgan fingerprint density at radius 1 is 1.11 bits per heavy atom. The highest BCUT2D eigenvalue weighted by Crippen LogP contribution is 2.17. The van der Waals surface area contributed by atoms with Gasteiger partial charge < -0.3 is 10.1 Å². The van der Waals surface area contributed by atoms with Gasteiger partial charge in [0, 0.05) is 12.6 Å². The molecule has 0 atom stereocenters. The molecule has 1 rings (SSSR count). The first-order chi connectivity index (χ1) is 8.47. The van der Waals surface area contributed by atoms with E-state index in [9.17, 15) is 4.79 Å². The summed E-state index contributed by atoms with van der Waals surface area (Å²) in [7, 11) is 0. The van der Waals surface area contributed by atoms with Crippen LogP contribution in [0.5, 0.6) is 0 Å². The van der Waals surface area contributed by atoms with Gasteiger partial charge in [-0.05, 0) is 33.6 Å². The molecule has 0 aromatic heterocycles. The average Bonchev–Trinajstić information content (AvgIpc) is 2.18. The van der Waals surface area contributed by atoms with Gasteiger partial charge in [-0.2, -0.15) is 0 Å². The van der Waals surface area contributed by atoms with Crippen molar-refractivity contribution in [2.45, 2.75) is 83.8 Å². The van der Waals surface area contributed by atoms with E-state index in [-0.39, 0.29) is 11.6 Å². The molecule has 0 spiro atoms. The highest BCUT2D eigenvalue weighted by molar-refractivity contribution is 5.70. The zero-order chi connectivity index (χ0) is 13.4. The van der Waals surface area contributed by atoms with Gasteiger partial charge in [-0.3, -0.25) is 4.79 Å². The minimum atomic E-state index is -0.364. The van der Waals surface area contributed by atoms with Crippen LogP contribution in [0.15, 0.2) is 0 Å². The van der Waals surface area contributed by atoms with E-state index in [1.807, 2.05) is 20.8 Å². The summed E-state index contributed by atoms with van der Waals surface area (Å²) in [5.41, 5.74) is -0.364. The second-order valence-electron chi connectivity index (χ2n) is 6.33. The molecule has 0 radical (unpaired) electrons. The van der Waals surface area contributed by atoms with Gasteiger partial charge in [0.25, 0.3) is 0 Å². The Morgan fingerprint density at radius 3 is 2.22 bits per heavy atom. The highest BCUT2D eigenvalue weighted by atomic mass is 16.6. The first-order valence-electron chi connectivity index (χ1n) is 7.42. The van der Waals surface area contributed by atoms with Crippen LogP contribution in [0, 0.1) is 0 Å². The molecule has 0 heterocycles. The van der Waals surface area contributed by atoms with Gasteiger partial charge >= 0.3 is 5.97 Å². The van der Waals surface area contributed by atoms with Crippen LogP contribution in [0.1, 0.15) is 72.1 Å². The normalized spacial score (nSPS) is 19.1. The molecule has 1 N–H and O–H groups in total. The van der Waals surface area contributed by atoms with E-state index in [1.165, 1.54) is 44.9 Å². The van der Waals surface area contributed by atoms with Crippen molar-refractivity contribution in [3.05, 3.63) is 0 Å². The molecule has 0 bridgehead atoms. The van der Waals surface area contributed by atoms with Gasteiger partial charge in [-0.1, -0.05) is 32.1 Å². The fourth-order valence-corrected chi connectivity index (χ4v) is 2.43. The van der Waals surface area contributed by atoms with E-state index in [4.69, 9.17) is 4.74 Å². The number of esters is 1. The number of carbonyl (C=O) groups is 1. The monoisotopic (exact) mass is 255 g/mol. The van der Waals surface area contributed by atoms with Gasteiger partial charge in [0.2, 0.25) is 0 Å². The van der Waals surface area contributed by atoms with Gasteiger partial charge in [-0.15, -0.1) is 0 Å². The summed E-state index contributed by atoms with van der Waals surface area (Å²) in [6.07, 6.45) is 9.77. The third-order valence-corrected chi connectivity index (χ3v) is 3.29. The number of hydrogen-bond acceptors (Lipinski definition) is 3. The molecule has 1 fully saturated rings. The predicted octanol–water partition coefficient (Wildman–Crippen LogP) is 3.42. The maximum absolute atomic E-state index is 11.6. The van der Waals surface area contributed by atoms with Crippen molar-refractivity contribution in [3.63, 3.8) is 0 Å². The van der Waals surface area contributed by atoms with Crippen molar-refractivity contribution in [1.29, 1.82) is 0 Å². The third kappa shape index (κ3) is 7.70. The van der Waals surface area contributed by atoms with Crippen LogP contribution >= 0.6 is 0 Å². The zero-order valence-electron chi connectivity index (χ0n) is 12.3. The summed E-state index contributed by atoms with van der Waals surface area (Å²) >= 11 is 0. The lowest BCUT2D eigenvalue weighted by Crippen LogP contribution is -2.33. The Kier molecular flexibility index (Phi) is 6.69. The second kappa shape index (κ2) is 7.78. The lowest BCUT2D eigenvalue weighted by Gasteiger charge is -2.22. The van der Waals surface area contributed by atoms with Gasteiger partial charge in [-0.25, -0.2) is 0 Å². The van der Waals surface area contributed by atoms with Crippen LogP contribution in [-0.2, 0) is 9.53 Å². The molecule has 0 amide bonds. The summed E-state index contributed by atoms with van der Waals surface area (Å²) in [5, 5.41) is 3.51. The van der Waals surface area contributed by atoms with Crippen molar-refractivity contribution >= 4 is 5.97 Å². The Morgan fingerprint density at radius 2 is 1.67 bits per heavy atom. The zero-order valence-corrected chi connectivity index (χ0v) is 12.3. The first-order valence-corrected chi connectivity index (χ1v) is 7.42.